The molecule has 0 fully saturated rings. The van der Waals surface area contributed by atoms with Crippen LogP contribution in [0.3, 0.4) is 0 Å². The highest BCUT2D eigenvalue weighted by Gasteiger charge is 2.05. The van der Waals surface area contributed by atoms with Crippen molar-refractivity contribution in [2.45, 2.75) is 13.5 Å². The number of benzene rings is 2. The molecule has 0 unspecified atom stereocenters. The van der Waals surface area contributed by atoms with Crippen molar-refractivity contribution in [1.82, 2.24) is 0 Å². The van der Waals surface area contributed by atoms with E-state index in [1.54, 1.807) is 6.92 Å². The lowest BCUT2D eigenvalue weighted by molar-refractivity contribution is 0.280. The Bertz CT molecular complexity index is 568. The summed E-state index contributed by atoms with van der Waals surface area (Å²) in [6.07, 6.45) is 0. The second-order valence-electron chi connectivity index (χ2n) is 3.97. The van der Waals surface area contributed by atoms with Crippen LogP contribution in [0.15, 0.2) is 36.4 Å². The molecule has 0 saturated carbocycles. The molecular weight excluding hydrogens is 238 g/mol. The van der Waals surface area contributed by atoms with Gasteiger partial charge >= 0.3 is 0 Å². The van der Waals surface area contributed by atoms with Crippen LogP contribution in [0.2, 0.25) is 0 Å². The molecule has 0 aromatic heterocycles. The number of hydrogen-bond acceptors (Lipinski definition) is 2. The first-order chi connectivity index (χ1) is 8.58. The fourth-order valence-corrected chi connectivity index (χ4v) is 1.63. The summed E-state index contributed by atoms with van der Waals surface area (Å²) in [5, 5.41) is 8.97. The average molecular weight is 250 g/mol. The highest BCUT2D eigenvalue weighted by atomic mass is 19.1. The molecule has 4 heteroatoms. The van der Waals surface area contributed by atoms with Crippen molar-refractivity contribution >= 4 is 0 Å². The van der Waals surface area contributed by atoms with E-state index < -0.39 is 5.82 Å². The monoisotopic (exact) mass is 250 g/mol. The molecule has 0 aliphatic rings. The van der Waals surface area contributed by atoms with E-state index in [2.05, 4.69) is 0 Å². The molecule has 2 aromatic carbocycles. The van der Waals surface area contributed by atoms with Gasteiger partial charge in [0.2, 0.25) is 0 Å². The zero-order chi connectivity index (χ0) is 13.1. The first-order valence-electron chi connectivity index (χ1n) is 5.43. The Morgan fingerprint density at radius 1 is 1.06 bits per heavy atom. The summed E-state index contributed by atoms with van der Waals surface area (Å²) in [6, 6.07) is 8.06. The minimum absolute atomic E-state index is 0.267. The van der Waals surface area contributed by atoms with Gasteiger partial charge in [-0.2, -0.15) is 0 Å². The predicted octanol–water partition coefficient (Wildman–Crippen LogP) is 3.56. The molecule has 0 aliphatic carbocycles. The third-order valence-electron chi connectivity index (χ3n) is 2.48. The van der Waals surface area contributed by atoms with Gasteiger partial charge in [0.15, 0.2) is 0 Å². The summed E-state index contributed by atoms with van der Waals surface area (Å²) < 4.78 is 31.6. The van der Waals surface area contributed by atoms with Crippen molar-refractivity contribution in [2.75, 3.05) is 0 Å². The van der Waals surface area contributed by atoms with Gasteiger partial charge < -0.3 is 9.84 Å². The number of aliphatic hydroxyl groups is 1. The Kier molecular flexibility index (Phi) is 3.58. The van der Waals surface area contributed by atoms with Crippen molar-refractivity contribution in [1.29, 1.82) is 0 Å². The van der Waals surface area contributed by atoms with Gasteiger partial charge in [0, 0.05) is 6.07 Å². The SMILES string of the molecule is Cc1cc(F)ccc1Oc1cc(F)cc(CO)c1. The molecule has 0 saturated heterocycles. The van der Waals surface area contributed by atoms with E-state index in [9.17, 15) is 8.78 Å². The highest BCUT2D eigenvalue weighted by Crippen LogP contribution is 2.27. The van der Waals surface area contributed by atoms with E-state index in [1.165, 1.54) is 36.4 Å². The van der Waals surface area contributed by atoms with Crippen LogP contribution in [-0.2, 0) is 6.61 Å². The van der Waals surface area contributed by atoms with Crippen molar-refractivity contribution in [3.05, 3.63) is 59.2 Å². The average Bonchev–Trinajstić information content (AvgIpc) is 2.32. The molecular formula is C14H12F2O2. The van der Waals surface area contributed by atoms with Crippen LogP contribution < -0.4 is 4.74 Å². The molecule has 1 N–H and O–H groups in total. The lowest BCUT2D eigenvalue weighted by atomic mass is 10.2. The third-order valence-corrected chi connectivity index (χ3v) is 2.48. The number of ether oxygens (including phenoxy) is 1. The zero-order valence-electron chi connectivity index (χ0n) is 9.78. The van der Waals surface area contributed by atoms with Gasteiger partial charge in [-0.25, -0.2) is 8.78 Å². The summed E-state index contributed by atoms with van der Waals surface area (Å²) in [5.41, 5.74) is 1.04. The van der Waals surface area contributed by atoms with Gasteiger partial charge in [-0.1, -0.05) is 0 Å². The molecule has 0 amide bonds. The predicted molar refractivity (Wildman–Crippen MR) is 63.5 cm³/mol. The second kappa shape index (κ2) is 5.14. The minimum Gasteiger partial charge on any atom is -0.457 e. The molecule has 2 aromatic rings. The lowest BCUT2D eigenvalue weighted by Gasteiger charge is -2.09. The Morgan fingerprint density at radius 2 is 1.83 bits per heavy atom. The van der Waals surface area contributed by atoms with E-state index in [0.717, 1.165) is 0 Å². The first kappa shape index (κ1) is 12.5. The molecule has 0 aliphatic heterocycles. The Morgan fingerprint density at radius 3 is 2.50 bits per heavy atom. The summed E-state index contributed by atoms with van der Waals surface area (Å²) >= 11 is 0. The van der Waals surface area contributed by atoms with Gasteiger partial charge in [0.05, 0.1) is 6.61 Å². The quantitative estimate of drug-likeness (QED) is 0.902. The van der Waals surface area contributed by atoms with Gasteiger partial charge in [0.1, 0.15) is 23.1 Å². The number of hydrogen-bond donors (Lipinski definition) is 1. The van der Waals surface area contributed by atoms with Crippen LogP contribution in [0.4, 0.5) is 8.78 Å². The van der Waals surface area contributed by atoms with Crippen LogP contribution >= 0.6 is 0 Å². The molecule has 0 spiro atoms. The largest absolute Gasteiger partial charge is 0.457 e. The first-order valence-corrected chi connectivity index (χ1v) is 5.43. The summed E-state index contributed by atoms with van der Waals surface area (Å²) in [5.74, 6) is -0.119. The topological polar surface area (TPSA) is 29.5 Å². The smallest absolute Gasteiger partial charge is 0.130 e. The van der Waals surface area contributed by atoms with Crippen LogP contribution in [0.5, 0.6) is 11.5 Å². The van der Waals surface area contributed by atoms with Crippen LogP contribution in [0, 0.1) is 18.6 Å². The van der Waals surface area contributed by atoms with E-state index in [0.29, 0.717) is 16.9 Å². The molecule has 2 nitrogen and oxygen atoms in total. The van der Waals surface area contributed by atoms with E-state index in [1.807, 2.05) is 0 Å². The number of aliphatic hydroxyl groups excluding tert-OH is 1. The van der Waals surface area contributed by atoms with E-state index >= 15 is 0 Å². The van der Waals surface area contributed by atoms with Crippen molar-refractivity contribution in [3.8, 4) is 11.5 Å². The number of halogens is 2. The molecule has 18 heavy (non-hydrogen) atoms. The molecule has 0 bridgehead atoms. The standard InChI is InChI=1S/C14H12F2O2/c1-9-4-11(15)2-3-14(9)18-13-6-10(8-17)5-12(16)7-13/h2-7,17H,8H2,1H3. The normalized spacial score (nSPS) is 10.4. The van der Waals surface area contributed by atoms with E-state index in [-0.39, 0.29) is 18.2 Å². The second-order valence-corrected chi connectivity index (χ2v) is 3.97. The molecule has 94 valence electrons. The van der Waals surface area contributed by atoms with Crippen LogP contribution in [0.1, 0.15) is 11.1 Å². The number of rotatable bonds is 3. The maximum absolute atomic E-state index is 13.2. The minimum atomic E-state index is -0.490. The summed E-state index contributed by atoms with van der Waals surface area (Å²) in [6.45, 7) is 1.43. The van der Waals surface area contributed by atoms with Gasteiger partial charge in [-0.15, -0.1) is 0 Å². The Balaban J connectivity index is 2.30. The molecule has 0 heterocycles. The summed E-state index contributed by atoms with van der Waals surface area (Å²) in [4.78, 5) is 0. The van der Waals surface area contributed by atoms with Gasteiger partial charge in [-0.3, -0.25) is 0 Å². The van der Waals surface area contributed by atoms with Crippen molar-refractivity contribution in [3.63, 3.8) is 0 Å². The van der Waals surface area contributed by atoms with Crippen LogP contribution in [-0.4, -0.2) is 5.11 Å². The zero-order valence-corrected chi connectivity index (χ0v) is 9.78. The third kappa shape index (κ3) is 2.84. The lowest BCUT2D eigenvalue weighted by Crippen LogP contribution is -1.92. The maximum Gasteiger partial charge on any atom is 0.130 e. The fourth-order valence-electron chi connectivity index (χ4n) is 1.63. The molecule has 0 radical (unpaired) electrons. The summed E-state index contributed by atoms with van der Waals surface area (Å²) in [7, 11) is 0. The molecule has 0 atom stereocenters. The maximum atomic E-state index is 13.2. The van der Waals surface area contributed by atoms with Crippen LogP contribution in [0.25, 0.3) is 0 Å². The van der Waals surface area contributed by atoms with E-state index in [4.69, 9.17) is 9.84 Å². The Hall–Kier alpha value is -1.94. The van der Waals surface area contributed by atoms with Crippen molar-refractivity contribution in [2.24, 2.45) is 0 Å². The van der Waals surface area contributed by atoms with Gasteiger partial charge in [-0.05, 0) is 48.4 Å². The molecule has 2 rings (SSSR count). The van der Waals surface area contributed by atoms with Crippen molar-refractivity contribution < 1.29 is 18.6 Å². The highest BCUT2D eigenvalue weighted by molar-refractivity contribution is 5.38. The number of aryl methyl sites for hydroxylation is 1. The Labute approximate surface area is 103 Å². The van der Waals surface area contributed by atoms with Gasteiger partial charge in [0.25, 0.3) is 0 Å². The fraction of sp³-hybridized carbons (Fsp3) is 0.143.